The molecule has 7 nitrogen and oxygen atoms in total. The number of aryl methyl sites for hydroxylation is 3. The normalized spacial score (nSPS) is 11.1. The van der Waals surface area contributed by atoms with Crippen LogP contribution in [0.1, 0.15) is 36.2 Å². The van der Waals surface area contributed by atoms with Crippen molar-refractivity contribution in [3.05, 3.63) is 40.6 Å². The lowest BCUT2D eigenvalue weighted by molar-refractivity contribution is 0.168. The van der Waals surface area contributed by atoms with Gasteiger partial charge < -0.3 is 10.1 Å². The molecule has 1 heterocycles. The number of rotatable bonds is 5. The first kappa shape index (κ1) is 20.8. The fraction of sp³-hybridized carbons (Fsp3) is 0.333. The monoisotopic (exact) mass is 405 g/mol. The molecule has 1 aromatic carbocycles. The Kier molecular flexibility index (Phi) is 7.26. The minimum Gasteiger partial charge on any atom is -0.450 e. The molecule has 0 unspecified atom stereocenters. The molecule has 3 N–H and O–H groups in total. The molecule has 0 atom stereocenters. The quantitative estimate of drug-likeness (QED) is 0.389. The molecule has 0 aliphatic carbocycles. The van der Waals surface area contributed by atoms with Gasteiger partial charge in [-0.05, 0) is 69.5 Å². The zero-order valence-corrected chi connectivity index (χ0v) is 17.6. The van der Waals surface area contributed by atoms with E-state index in [1.54, 1.807) is 6.92 Å². The van der Waals surface area contributed by atoms with Crippen LogP contribution in [-0.4, -0.2) is 27.9 Å². The third-order valence-electron chi connectivity index (χ3n) is 3.76. The number of hydrazone groups is 1. The van der Waals surface area contributed by atoms with Crippen molar-refractivity contribution < 1.29 is 9.53 Å². The number of para-hydroxylation sites is 1. The minimum atomic E-state index is -0.518. The van der Waals surface area contributed by atoms with E-state index in [2.05, 4.69) is 25.5 Å². The molecule has 0 saturated carbocycles. The minimum absolute atomic E-state index is 0.297. The Labute approximate surface area is 168 Å². The van der Waals surface area contributed by atoms with Gasteiger partial charge in [0.25, 0.3) is 0 Å². The van der Waals surface area contributed by atoms with Crippen LogP contribution in [0, 0.1) is 20.8 Å². The molecule has 1 amide bonds. The van der Waals surface area contributed by atoms with Crippen LogP contribution in [0.3, 0.4) is 0 Å². The molecule has 0 spiro atoms. The number of thiocarbonyl (C=S) groups is 1. The average Bonchev–Trinajstić information content (AvgIpc) is 2.96. The van der Waals surface area contributed by atoms with Crippen molar-refractivity contribution in [3.63, 3.8) is 0 Å². The number of hydrogen-bond donors (Lipinski definition) is 3. The lowest BCUT2D eigenvalue weighted by Gasteiger charge is -2.13. The predicted octanol–water partition coefficient (Wildman–Crippen LogP) is 4.35. The van der Waals surface area contributed by atoms with Gasteiger partial charge in [0.15, 0.2) is 5.11 Å². The van der Waals surface area contributed by atoms with Crippen molar-refractivity contribution in [1.82, 2.24) is 9.80 Å². The Hall–Kier alpha value is -2.52. The Morgan fingerprint density at radius 3 is 2.56 bits per heavy atom. The highest BCUT2D eigenvalue weighted by Crippen LogP contribution is 2.25. The van der Waals surface area contributed by atoms with Crippen molar-refractivity contribution in [2.45, 2.75) is 34.6 Å². The van der Waals surface area contributed by atoms with Crippen molar-refractivity contribution in [2.24, 2.45) is 5.10 Å². The van der Waals surface area contributed by atoms with Gasteiger partial charge >= 0.3 is 6.09 Å². The van der Waals surface area contributed by atoms with Crippen LogP contribution in [0.4, 0.5) is 15.5 Å². The summed E-state index contributed by atoms with van der Waals surface area (Å²) < 4.78 is 9.20. The summed E-state index contributed by atoms with van der Waals surface area (Å²) in [7, 11) is 0. The summed E-state index contributed by atoms with van der Waals surface area (Å²) in [4.78, 5) is 11.7. The van der Waals surface area contributed by atoms with Crippen LogP contribution in [-0.2, 0) is 4.74 Å². The molecule has 9 heteroatoms. The highest BCUT2D eigenvalue weighted by Gasteiger charge is 2.16. The SMILES string of the molecule is CCOC(=O)Nc1snc(C)c1/C(C)=N/NC(=S)Nc1c(C)cccc1C. The van der Waals surface area contributed by atoms with Gasteiger partial charge in [-0.3, -0.25) is 10.7 Å². The first-order valence-electron chi connectivity index (χ1n) is 8.41. The van der Waals surface area contributed by atoms with Gasteiger partial charge in [-0.25, -0.2) is 4.79 Å². The highest BCUT2D eigenvalue weighted by molar-refractivity contribution is 7.80. The Morgan fingerprint density at radius 1 is 1.26 bits per heavy atom. The number of carbonyl (C=O) groups is 1. The molecular formula is C18H23N5O2S2. The van der Waals surface area contributed by atoms with Crippen LogP contribution in [0.15, 0.2) is 23.3 Å². The lowest BCUT2D eigenvalue weighted by atomic mass is 10.1. The number of aromatic nitrogens is 1. The predicted molar refractivity (Wildman–Crippen MR) is 115 cm³/mol. The standard InChI is InChI=1S/C18H23N5O2S2/c1-6-25-18(24)20-16-14(13(5)23-27-16)12(4)21-22-17(26)19-15-10(2)8-7-9-11(15)3/h7-9H,6H2,1-5H3,(H,20,24)(H2,19,22,26)/b21-12+. The molecular weight excluding hydrogens is 382 g/mol. The number of amides is 1. The number of carbonyl (C=O) groups excluding carboxylic acids is 1. The summed E-state index contributed by atoms with van der Waals surface area (Å²) in [6, 6.07) is 6.03. The van der Waals surface area contributed by atoms with Gasteiger partial charge in [-0.15, -0.1) is 0 Å². The second-order valence-electron chi connectivity index (χ2n) is 5.85. The molecule has 2 rings (SSSR count). The molecule has 27 heavy (non-hydrogen) atoms. The Balaban J connectivity index is 2.10. The van der Waals surface area contributed by atoms with E-state index in [0.29, 0.717) is 22.4 Å². The second-order valence-corrected chi connectivity index (χ2v) is 7.03. The zero-order valence-electron chi connectivity index (χ0n) is 16.0. The first-order valence-corrected chi connectivity index (χ1v) is 9.59. The number of nitrogens with zero attached hydrogens (tertiary/aromatic N) is 2. The fourth-order valence-corrected chi connectivity index (χ4v) is 3.47. The maximum absolute atomic E-state index is 11.7. The lowest BCUT2D eigenvalue weighted by Crippen LogP contribution is -2.26. The van der Waals surface area contributed by atoms with E-state index < -0.39 is 6.09 Å². The van der Waals surface area contributed by atoms with Crippen LogP contribution in [0.2, 0.25) is 0 Å². The number of ether oxygens (including phenoxy) is 1. The maximum atomic E-state index is 11.7. The molecule has 0 aliphatic heterocycles. The van der Waals surface area contributed by atoms with Crippen molar-refractivity contribution in [2.75, 3.05) is 17.2 Å². The van der Waals surface area contributed by atoms with Gasteiger partial charge in [0, 0.05) is 5.69 Å². The summed E-state index contributed by atoms with van der Waals surface area (Å²) in [5.74, 6) is 0. The third kappa shape index (κ3) is 5.48. The van der Waals surface area contributed by atoms with E-state index in [-0.39, 0.29) is 0 Å². The number of nitrogens with one attached hydrogen (secondary N) is 3. The maximum Gasteiger partial charge on any atom is 0.412 e. The van der Waals surface area contributed by atoms with Crippen LogP contribution in [0.25, 0.3) is 0 Å². The summed E-state index contributed by atoms with van der Waals surface area (Å²) in [6.07, 6.45) is -0.518. The number of benzene rings is 1. The van der Waals surface area contributed by atoms with Crippen LogP contribution in [0.5, 0.6) is 0 Å². The van der Waals surface area contributed by atoms with Crippen molar-refractivity contribution in [3.8, 4) is 0 Å². The van der Waals surface area contributed by atoms with Gasteiger partial charge in [0.1, 0.15) is 5.00 Å². The molecule has 0 bridgehead atoms. The van der Waals surface area contributed by atoms with Crippen LogP contribution >= 0.6 is 23.8 Å². The largest absolute Gasteiger partial charge is 0.450 e. The van der Waals surface area contributed by atoms with E-state index in [4.69, 9.17) is 17.0 Å². The summed E-state index contributed by atoms with van der Waals surface area (Å²) in [5, 5.41) is 11.2. The van der Waals surface area contributed by atoms with Crippen molar-refractivity contribution in [1.29, 1.82) is 0 Å². The van der Waals surface area contributed by atoms with E-state index in [1.807, 2.05) is 45.9 Å². The van der Waals surface area contributed by atoms with E-state index in [0.717, 1.165) is 28.1 Å². The summed E-state index contributed by atoms with van der Waals surface area (Å²) in [5.41, 5.74) is 8.16. The molecule has 0 radical (unpaired) electrons. The Morgan fingerprint density at radius 2 is 1.93 bits per heavy atom. The molecule has 0 fully saturated rings. The smallest absolute Gasteiger partial charge is 0.412 e. The topological polar surface area (TPSA) is 87.6 Å². The van der Waals surface area contributed by atoms with Gasteiger partial charge in [0.2, 0.25) is 0 Å². The first-order chi connectivity index (χ1) is 12.8. The van der Waals surface area contributed by atoms with E-state index in [1.165, 1.54) is 11.5 Å². The highest BCUT2D eigenvalue weighted by atomic mass is 32.1. The second kappa shape index (κ2) is 9.43. The van der Waals surface area contributed by atoms with Crippen molar-refractivity contribution >= 4 is 51.4 Å². The van der Waals surface area contributed by atoms with Crippen LogP contribution < -0.4 is 16.1 Å². The molecule has 1 aromatic heterocycles. The van der Waals surface area contributed by atoms with Gasteiger partial charge in [0.05, 0.1) is 23.6 Å². The summed E-state index contributed by atoms with van der Waals surface area (Å²) >= 11 is 6.52. The van der Waals surface area contributed by atoms with E-state index >= 15 is 0 Å². The summed E-state index contributed by atoms with van der Waals surface area (Å²) in [6.45, 7) is 9.75. The fourth-order valence-electron chi connectivity index (χ4n) is 2.48. The molecule has 0 saturated heterocycles. The molecule has 2 aromatic rings. The van der Waals surface area contributed by atoms with Gasteiger partial charge in [-0.1, -0.05) is 18.2 Å². The van der Waals surface area contributed by atoms with E-state index in [9.17, 15) is 4.79 Å². The molecule has 144 valence electrons. The average molecular weight is 406 g/mol. The third-order valence-corrected chi connectivity index (χ3v) is 4.81. The number of hydrogen-bond acceptors (Lipinski definition) is 6. The molecule has 0 aliphatic rings. The Bertz CT molecular complexity index is 856. The number of anilines is 2. The zero-order chi connectivity index (χ0) is 20.0. The van der Waals surface area contributed by atoms with Gasteiger partial charge in [-0.2, -0.15) is 9.47 Å².